The average Bonchev–Trinajstić information content (AvgIpc) is 3.03. The predicted molar refractivity (Wildman–Crippen MR) is 123 cm³/mol. The van der Waals surface area contributed by atoms with E-state index in [0.717, 1.165) is 15.8 Å². The maximum absolute atomic E-state index is 12.6. The molecule has 0 saturated heterocycles. The van der Waals surface area contributed by atoms with Crippen LogP contribution in [0.3, 0.4) is 0 Å². The molecule has 0 spiro atoms. The lowest BCUT2D eigenvalue weighted by molar-refractivity contribution is -0.116. The highest BCUT2D eigenvalue weighted by molar-refractivity contribution is 7.80. The number of rotatable bonds is 4. The second-order valence-corrected chi connectivity index (χ2v) is 7.98. The van der Waals surface area contributed by atoms with Crippen LogP contribution in [0.1, 0.15) is 16.6 Å². The number of amides is 2. The number of methoxy groups -OCH3 is 1. The molecule has 3 aromatic rings. The Hall–Kier alpha value is -2.68. The summed E-state index contributed by atoms with van der Waals surface area (Å²) in [5.41, 5.74) is 1.44. The molecule has 0 unspecified atom stereocenters. The van der Waals surface area contributed by atoms with Crippen molar-refractivity contribution in [3.05, 3.63) is 52.4 Å². The number of thiophene rings is 1. The summed E-state index contributed by atoms with van der Waals surface area (Å²) in [6.07, 6.45) is 0. The number of fused-ring (bicyclic) bond motifs is 1. The number of hydrogen-bond acceptors (Lipinski definition) is 5. The summed E-state index contributed by atoms with van der Waals surface area (Å²) in [5, 5.41) is 6.90. The fraction of sp³-hybridized carbons (Fsp3) is 0.150. The van der Waals surface area contributed by atoms with Crippen LogP contribution in [-0.4, -0.2) is 31.1 Å². The third-order valence-electron chi connectivity index (χ3n) is 4.25. The molecule has 1 heterocycles. The number of ether oxygens (including phenoxy) is 1. The molecule has 1 aromatic heterocycles. The lowest BCUT2D eigenvalue weighted by Crippen LogP contribution is -2.33. The van der Waals surface area contributed by atoms with Gasteiger partial charge >= 0.3 is 0 Å². The topological polar surface area (TPSA) is 70.7 Å². The van der Waals surface area contributed by atoms with Crippen LogP contribution in [-0.2, 0) is 4.79 Å². The molecule has 0 bridgehead atoms. The van der Waals surface area contributed by atoms with Crippen LogP contribution < -0.4 is 20.3 Å². The predicted octanol–water partition coefficient (Wildman–Crippen LogP) is 4.67. The van der Waals surface area contributed by atoms with Crippen molar-refractivity contribution in [3.8, 4) is 5.75 Å². The molecule has 2 amide bonds. The van der Waals surface area contributed by atoms with Gasteiger partial charge in [0.05, 0.1) is 12.1 Å². The van der Waals surface area contributed by atoms with E-state index in [1.807, 2.05) is 12.1 Å². The Morgan fingerprint density at radius 2 is 1.86 bits per heavy atom. The van der Waals surface area contributed by atoms with Crippen molar-refractivity contribution >= 4 is 73.5 Å². The number of nitrogens with zero attached hydrogens (tertiary/aromatic N) is 1. The Morgan fingerprint density at radius 3 is 2.48 bits per heavy atom. The number of carbonyl (C=O) groups excluding carboxylic acids is 2. The van der Waals surface area contributed by atoms with E-state index in [0.29, 0.717) is 21.3 Å². The molecule has 0 fully saturated rings. The molecule has 150 valence electrons. The molecule has 3 rings (SSSR count). The van der Waals surface area contributed by atoms with E-state index in [1.165, 1.54) is 23.2 Å². The van der Waals surface area contributed by atoms with Crippen molar-refractivity contribution in [1.29, 1.82) is 0 Å². The first-order valence-electron chi connectivity index (χ1n) is 8.53. The van der Waals surface area contributed by atoms with Gasteiger partial charge < -0.3 is 15.0 Å². The second kappa shape index (κ2) is 8.77. The van der Waals surface area contributed by atoms with Gasteiger partial charge in [-0.25, -0.2) is 0 Å². The third-order valence-corrected chi connectivity index (χ3v) is 6.11. The summed E-state index contributed by atoms with van der Waals surface area (Å²) < 4.78 is 6.06. The minimum absolute atomic E-state index is 0.0636. The molecule has 0 aliphatic heterocycles. The van der Waals surface area contributed by atoms with Gasteiger partial charge in [0.25, 0.3) is 5.91 Å². The zero-order valence-corrected chi connectivity index (χ0v) is 18.3. The van der Waals surface area contributed by atoms with Crippen LogP contribution in [0.25, 0.3) is 10.1 Å². The highest BCUT2D eigenvalue weighted by Gasteiger charge is 2.18. The maximum Gasteiger partial charge on any atom is 0.269 e. The highest BCUT2D eigenvalue weighted by Crippen LogP contribution is 2.37. The van der Waals surface area contributed by atoms with Crippen LogP contribution in [0.15, 0.2) is 42.5 Å². The van der Waals surface area contributed by atoms with Crippen molar-refractivity contribution in [3.63, 3.8) is 0 Å². The second-order valence-electron chi connectivity index (χ2n) is 6.14. The Bertz CT molecular complexity index is 1100. The number of thiocarbonyl (C=S) groups is 1. The van der Waals surface area contributed by atoms with Crippen LogP contribution in [0.4, 0.5) is 11.4 Å². The number of hydrogen-bond donors (Lipinski definition) is 2. The van der Waals surface area contributed by atoms with E-state index < -0.39 is 0 Å². The first-order valence-corrected chi connectivity index (χ1v) is 10.1. The van der Waals surface area contributed by atoms with Crippen molar-refractivity contribution in [2.45, 2.75) is 6.92 Å². The van der Waals surface area contributed by atoms with Gasteiger partial charge in [-0.2, -0.15) is 0 Å². The zero-order valence-electron chi connectivity index (χ0n) is 15.9. The maximum atomic E-state index is 12.6. The monoisotopic (exact) mass is 447 g/mol. The zero-order chi connectivity index (χ0) is 21.1. The van der Waals surface area contributed by atoms with Crippen LogP contribution in [0, 0.1) is 0 Å². The fourth-order valence-electron chi connectivity index (χ4n) is 2.59. The van der Waals surface area contributed by atoms with Crippen molar-refractivity contribution < 1.29 is 14.3 Å². The van der Waals surface area contributed by atoms with Crippen LogP contribution in [0.2, 0.25) is 5.02 Å². The van der Waals surface area contributed by atoms with E-state index in [4.69, 9.17) is 28.6 Å². The van der Waals surface area contributed by atoms with Crippen LogP contribution >= 0.6 is 35.2 Å². The number of benzene rings is 2. The first-order chi connectivity index (χ1) is 13.8. The molecular weight excluding hydrogens is 430 g/mol. The molecule has 6 nitrogen and oxygen atoms in total. The van der Waals surface area contributed by atoms with E-state index in [2.05, 4.69) is 10.6 Å². The quantitative estimate of drug-likeness (QED) is 0.568. The number of carbonyl (C=O) groups is 2. The molecule has 0 radical (unpaired) electrons. The number of halogens is 1. The Kier molecular flexibility index (Phi) is 6.36. The summed E-state index contributed by atoms with van der Waals surface area (Å²) in [6, 6.07) is 12.5. The molecule has 0 saturated carbocycles. The lowest BCUT2D eigenvalue weighted by Gasteiger charge is -2.15. The van der Waals surface area contributed by atoms with Gasteiger partial charge in [0.15, 0.2) is 5.11 Å². The SMILES string of the molecule is COc1ccc2c(Cl)c(C(=O)NC(=S)Nc3ccc(N(C)C(C)=O)cc3)sc2c1. The Morgan fingerprint density at radius 1 is 1.17 bits per heavy atom. The summed E-state index contributed by atoms with van der Waals surface area (Å²) in [7, 11) is 3.28. The third kappa shape index (κ3) is 4.67. The van der Waals surface area contributed by atoms with Gasteiger partial charge in [-0.15, -0.1) is 11.3 Å². The summed E-state index contributed by atoms with van der Waals surface area (Å²) >= 11 is 12.9. The first kappa shape index (κ1) is 21.0. The molecule has 0 atom stereocenters. The molecule has 0 aliphatic carbocycles. The lowest BCUT2D eigenvalue weighted by atomic mass is 10.2. The Balaban J connectivity index is 1.69. The number of anilines is 2. The van der Waals surface area contributed by atoms with Crippen molar-refractivity contribution in [2.75, 3.05) is 24.4 Å². The van der Waals surface area contributed by atoms with Crippen molar-refractivity contribution in [2.24, 2.45) is 0 Å². The highest BCUT2D eigenvalue weighted by atomic mass is 35.5. The van der Waals surface area contributed by atoms with Gasteiger partial charge in [-0.3, -0.25) is 14.9 Å². The normalized spacial score (nSPS) is 10.5. The van der Waals surface area contributed by atoms with Gasteiger partial charge in [0.1, 0.15) is 10.6 Å². The minimum atomic E-state index is -0.388. The largest absolute Gasteiger partial charge is 0.497 e. The van der Waals surface area contributed by atoms with Gasteiger partial charge in [0.2, 0.25) is 5.91 Å². The van der Waals surface area contributed by atoms with Crippen LogP contribution in [0.5, 0.6) is 5.75 Å². The molecule has 0 aliphatic rings. The fourth-order valence-corrected chi connectivity index (χ4v) is 4.24. The molecule has 2 N–H and O–H groups in total. The number of nitrogens with one attached hydrogen (secondary N) is 2. The molecule has 2 aromatic carbocycles. The molecule has 29 heavy (non-hydrogen) atoms. The average molecular weight is 448 g/mol. The van der Waals surface area contributed by atoms with Gasteiger partial charge in [-0.1, -0.05) is 11.6 Å². The van der Waals surface area contributed by atoms with Crippen molar-refractivity contribution in [1.82, 2.24) is 5.32 Å². The van der Waals surface area contributed by atoms with Gasteiger partial charge in [0, 0.05) is 35.4 Å². The van der Waals surface area contributed by atoms with E-state index in [9.17, 15) is 9.59 Å². The van der Waals surface area contributed by atoms with E-state index in [-0.39, 0.29) is 16.9 Å². The molecular formula is C20H18ClN3O3S2. The van der Waals surface area contributed by atoms with E-state index >= 15 is 0 Å². The molecule has 9 heteroatoms. The Labute approximate surface area is 182 Å². The summed E-state index contributed by atoms with van der Waals surface area (Å²) in [5.74, 6) is 0.241. The summed E-state index contributed by atoms with van der Waals surface area (Å²) in [6.45, 7) is 1.49. The van der Waals surface area contributed by atoms with E-state index in [1.54, 1.807) is 44.5 Å². The smallest absolute Gasteiger partial charge is 0.269 e. The van der Waals surface area contributed by atoms with Gasteiger partial charge in [-0.05, 0) is 54.7 Å². The minimum Gasteiger partial charge on any atom is -0.497 e. The standard InChI is InChI=1S/C20H18ClN3O3S2/c1-11(25)24(2)13-6-4-12(5-7-13)22-20(28)23-19(26)18-17(21)15-9-8-14(27-3)10-16(15)29-18/h4-10H,1-3H3,(H2,22,23,26,28). The summed E-state index contributed by atoms with van der Waals surface area (Å²) in [4.78, 5) is 25.9.